The third kappa shape index (κ3) is 7.51. The number of carbonyl (C=O) groups is 4. The van der Waals surface area contributed by atoms with Crippen molar-refractivity contribution in [2.24, 2.45) is 16.7 Å². The second-order valence-corrected chi connectivity index (χ2v) is 19.5. The fourth-order valence-electron chi connectivity index (χ4n) is 11.0. The molecule has 62 heavy (non-hydrogen) atoms. The van der Waals surface area contributed by atoms with Crippen molar-refractivity contribution in [3.8, 4) is 0 Å². The van der Waals surface area contributed by atoms with Gasteiger partial charge in [-0.3, -0.25) is 9.69 Å². The highest BCUT2D eigenvalue weighted by Crippen LogP contribution is 2.66. The van der Waals surface area contributed by atoms with Crippen LogP contribution in [0.4, 0.5) is 4.79 Å². The van der Waals surface area contributed by atoms with E-state index in [9.17, 15) is 29.4 Å². The van der Waals surface area contributed by atoms with Crippen LogP contribution in [0, 0.1) is 16.7 Å². The SMILES string of the molecule is CC(=O)O[C@@]12CO[C@@H]1CC[C@@]1(C)[C@@H]3O[C@H](CN4CCC4)O[C@@H]3C3=C(C)[C@@H](OC(=O)[C@H](O)[C@@H](NC(=O)OC(C)(C)C)c4ncco4)C[C@@](O)([C@@H](OC(=O)c4ccccc4)[C@@H]12)C3(C)C. The Morgan fingerprint density at radius 1 is 1.06 bits per heavy atom. The Morgan fingerprint density at radius 3 is 2.39 bits per heavy atom. The van der Waals surface area contributed by atoms with Gasteiger partial charge < -0.3 is 53.1 Å². The molecule has 2 bridgehead atoms. The Kier molecular flexibility index (Phi) is 11.4. The van der Waals surface area contributed by atoms with E-state index in [0.29, 0.717) is 30.5 Å². The molecule has 2 aromatic rings. The van der Waals surface area contributed by atoms with E-state index in [1.54, 1.807) is 58.0 Å². The second kappa shape index (κ2) is 16.0. The van der Waals surface area contributed by atoms with Crippen molar-refractivity contribution >= 4 is 24.0 Å². The zero-order valence-electron chi connectivity index (χ0n) is 36.6. The summed E-state index contributed by atoms with van der Waals surface area (Å²) in [5.74, 6) is -3.59. The van der Waals surface area contributed by atoms with Gasteiger partial charge in [0.25, 0.3) is 0 Å². The smallest absolute Gasteiger partial charge is 0.408 e. The highest BCUT2D eigenvalue weighted by Gasteiger charge is 2.77. The van der Waals surface area contributed by atoms with Crippen LogP contribution in [0.15, 0.2) is 58.4 Å². The van der Waals surface area contributed by atoms with Crippen molar-refractivity contribution in [3.63, 3.8) is 0 Å². The summed E-state index contributed by atoms with van der Waals surface area (Å²) in [6.07, 6.45) is -4.30. The van der Waals surface area contributed by atoms with Gasteiger partial charge in [0, 0.05) is 30.7 Å². The molecular formula is C45H59N3O14. The molecule has 2 saturated carbocycles. The van der Waals surface area contributed by atoms with E-state index < -0.39 is 107 Å². The Balaban J connectivity index is 1.26. The van der Waals surface area contributed by atoms with Gasteiger partial charge in [-0.05, 0) is 83.3 Å². The molecule has 0 radical (unpaired) electrons. The third-order valence-electron chi connectivity index (χ3n) is 14.1. The second-order valence-electron chi connectivity index (χ2n) is 19.5. The molecular weight excluding hydrogens is 807 g/mol. The predicted octanol–water partition coefficient (Wildman–Crippen LogP) is 4.16. The first kappa shape index (κ1) is 44.2. The summed E-state index contributed by atoms with van der Waals surface area (Å²) in [5, 5.41) is 28.0. The molecule has 338 valence electrons. The van der Waals surface area contributed by atoms with Gasteiger partial charge in [0.1, 0.15) is 47.9 Å². The van der Waals surface area contributed by atoms with Crippen molar-refractivity contribution < 1.29 is 67.0 Å². The molecule has 1 amide bonds. The molecule has 1 aromatic carbocycles. The highest BCUT2D eigenvalue weighted by molar-refractivity contribution is 5.89. The number of aliphatic hydroxyl groups excluding tert-OH is 1. The van der Waals surface area contributed by atoms with Crippen molar-refractivity contribution in [1.29, 1.82) is 0 Å². The third-order valence-corrected chi connectivity index (χ3v) is 14.1. The topological polar surface area (TPSA) is 215 Å². The normalized spacial score (nSPS) is 35.8. The van der Waals surface area contributed by atoms with Gasteiger partial charge in [0.15, 0.2) is 18.0 Å². The molecule has 3 aliphatic heterocycles. The summed E-state index contributed by atoms with van der Waals surface area (Å²) in [6.45, 7) is 16.0. The lowest BCUT2D eigenvalue weighted by Crippen LogP contribution is -2.79. The van der Waals surface area contributed by atoms with Crippen molar-refractivity contribution in [2.45, 2.75) is 147 Å². The van der Waals surface area contributed by atoms with E-state index in [1.807, 2.05) is 20.8 Å². The number of aromatic nitrogens is 1. The Labute approximate surface area is 360 Å². The molecule has 6 aliphatic rings. The van der Waals surface area contributed by atoms with E-state index in [0.717, 1.165) is 19.5 Å². The summed E-state index contributed by atoms with van der Waals surface area (Å²) in [6, 6.07) is 6.87. The molecule has 1 aromatic heterocycles. The van der Waals surface area contributed by atoms with Gasteiger partial charge in [0.2, 0.25) is 5.89 Å². The number of carbonyl (C=O) groups excluding carboxylic acids is 4. The lowest BCUT2D eigenvalue weighted by molar-refractivity contribution is -0.345. The van der Waals surface area contributed by atoms with E-state index in [-0.39, 0.29) is 24.5 Å². The van der Waals surface area contributed by atoms with E-state index in [2.05, 4.69) is 15.2 Å². The maximum absolute atomic E-state index is 14.4. The van der Waals surface area contributed by atoms with Crippen LogP contribution < -0.4 is 5.32 Å². The van der Waals surface area contributed by atoms with Crippen LogP contribution in [0.25, 0.3) is 0 Å². The van der Waals surface area contributed by atoms with E-state index >= 15 is 0 Å². The molecule has 17 heteroatoms. The number of nitrogens with one attached hydrogen (secondary N) is 1. The van der Waals surface area contributed by atoms with Crippen LogP contribution in [-0.2, 0) is 42.7 Å². The summed E-state index contributed by atoms with van der Waals surface area (Å²) in [4.78, 5) is 61.1. The van der Waals surface area contributed by atoms with Gasteiger partial charge >= 0.3 is 24.0 Å². The number of benzene rings is 1. The molecule has 0 spiro atoms. The van der Waals surface area contributed by atoms with Gasteiger partial charge in [-0.1, -0.05) is 39.0 Å². The molecule has 5 fully saturated rings. The lowest BCUT2D eigenvalue weighted by atomic mass is 9.45. The first-order valence-corrected chi connectivity index (χ1v) is 21.5. The van der Waals surface area contributed by atoms with Crippen LogP contribution in [0.5, 0.6) is 0 Å². The molecule has 8 rings (SSSR count). The number of hydrogen-bond donors (Lipinski definition) is 3. The fourth-order valence-corrected chi connectivity index (χ4v) is 11.0. The van der Waals surface area contributed by atoms with Gasteiger partial charge in [-0.2, -0.15) is 0 Å². The Hall–Kier alpha value is -4.39. The number of esters is 3. The number of amides is 1. The van der Waals surface area contributed by atoms with Crippen LogP contribution in [-0.4, -0.2) is 130 Å². The number of fused-ring (bicyclic) bond motifs is 8. The van der Waals surface area contributed by atoms with Crippen molar-refractivity contribution in [2.75, 3.05) is 26.2 Å². The minimum absolute atomic E-state index is 0.0258. The Morgan fingerprint density at radius 2 is 1.79 bits per heavy atom. The highest BCUT2D eigenvalue weighted by atomic mass is 16.7. The van der Waals surface area contributed by atoms with Crippen LogP contribution in [0.3, 0.4) is 0 Å². The van der Waals surface area contributed by atoms with Gasteiger partial charge in [0.05, 0.1) is 30.4 Å². The quantitative estimate of drug-likeness (QED) is 0.174. The maximum Gasteiger partial charge on any atom is 0.408 e. The number of ether oxygens (including phenoxy) is 7. The zero-order valence-corrected chi connectivity index (χ0v) is 36.6. The number of likely N-dealkylation sites (tertiary alicyclic amines) is 1. The van der Waals surface area contributed by atoms with E-state index in [1.165, 1.54) is 19.4 Å². The average Bonchev–Trinajstić information content (AvgIpc) is 3.86. The zero-order chi connectivity index (χ0) is 44.6. The number of rotatable bonds is 10. The summed E-state index contributed by atoms with van der Waals surface area (Å²) in [5.41, 5.74) is -5.23. The fraction of sp³-hybridized carbons (Fsp3) is 0.667. The van der Waals surface area contributed by atoms with Gasteiger partial charge in [-0.25, -0.2) is 19.4 Å². The summed E-state index contributed by atoms with van der Waals surface area (Å²) < 4.78 is 50.2. The minimum Gasteiger partial charge on any atom is -0.456 e. The predicted molar refractivity (Wildman–Crippen MR) is 216 cm³/mol. The van der Waals surface area contributed by atoms with Crippen LogP contribution in [0.2, 0.25) is 0 Å². The molecule has 3 saturated heterocycles. The Bertz CT molecular complexity index is 2070. The van der Waals surface area contributed by atoms with Crippen molar-refractivity contribution in [1.82, 2.24) is 15.2 Å². The maximum atomic E-state index is 14.4. The first-order valence-electron chi connectivity index (χ1n) is 21.5. The summed E-state index contributed by atoms with van der Waals surface area (Å²) in [7, 11) is 0. The van der Waals surface area contributed by atoms with E-state index in [4.69, 9.17) is 37.6 Å². The minimum atomic E-state index is -2.07. The lowest BCUT2D eigenvalue weighted by Gasteiger charge is -2.68. The van der Waals surface area contributed by atoms with Crippen LogP contribution in [0.1, 0.15) is 103 Å². The van der Waals surface area contributed by atoms with Crippen molar-refractivity contribution in [3.05, 3.63) is 65.4 Å². The first-order chi connectivity index (χ1) is 29.2. The molecule has 12 atom stereocenters. The average molecular weight is 866 g/mol. The molecule has 3 aliphatic carbocycles. The standard InChI is InChI=1S/C45H59N3O14/c1-24-27(57-39(52)32(50)31(37-46-17-20-55-37)47-40(53)62-41(3,4)5)21-45(54)36(60-38(51)26-13-10-9-11-14-26)34-43(8,16-15-28-44(34,23-56-28)61-25(2)49)35-33(30(24)42(45,6)7)58-29(59-35)22-48-18-12-19-48/h9-11,13-14,17,20,27-29,31-36,50,54H,12,15-16,18-19,21-23H2,1-8H3,(H,47,53)/t27-,28+,29+,31+,32+,33+,34-,35+,36-,43+,44-,45+/m0/s1. The largest absolute Gasteiger partial charge is 0.456 e. The molecule has 0 unspecified atom stereocenters. The number of hydrogen-bond acceptors (Lipinski definition) is 16. The molecule has 17 nitrogen and oxygen atoms in total. The van der Waals surface area contributed by atoms with Gasteiger partial charge in [-0.15, -0.1) is 0 Å². The number of oxazole rings is 1. The number of aliphatic hydroxyl groups is 2. The number of alkyl carbamates (subject to hydrolysis) is 1. The van der Waals surface area contributed by atoms with Crippen LogP contribution >= 0.6 is 0 Å². The summed E-state index contributed by atoms with van der Waals surface area (Å²) >= 11 is 0. The molecule has 4 heterocycles. The number of nitrogens with zero attached hydrogens (tertiary/aromatic N) is 2. The molecule has 3 N–H and O–H groups in total. The monoisotopic (exact) mass is 865 g/mol.